The molecule has 0 radical (unpaired) electrons. The van der Waals surface area contributed by atoms with Crippen LogP contribution in [0.4, 0.5) is 0 Å². The number of hydrogen-bond donors (Lipinski definition) is 0. The van der Waals surface area contributed by atoms with Crippen LogP contribution in [0.5, 0.6) is 0 Å². The summed E-state index contributed by atoms with van der Waals surface area (Å²) in [6, 6.07) is 9.31. The second-order valence-corrected chi connectivity index (χ2v) is 5.89. The Morgan fingerprint density at radius 2 is 1.38 bits per heavy atom. The van der Waals surface area contributed by atoms with E-state index in [4.69, 9.17) is 9.47 Å². The molecule has 0 aliphatic rings. The maximum absolute atomic E-state index is 11.4. The van der Waals surface area contributed by atoms with Gasteiger partial charge in [-0.05, 0) is 26.3 Å². The smallest absolute Gasteiger partial charge is 0.344 e. The highest BCUT2D eigenvalue weighted by Crippen LogP contribution is 2.06. The van der Waals surface area contributed by atoms with E-state index in [2.05, 4.69) is 9.47 Å². The molecule has 0 aliphatic carbocycles. The molecule has 1 aromatic rings. The summed E-state index contributed by atoms with van der Waals surface area (Å²) in [4.78, 5) is 34.1. The van der Waals surface area contributed by atoms with Crippen molar-refractivity contribution in [1.82, 2.24) is 0 Å². The molecule has 132 valence electrons. The largest absolute Gasteiger partial charge is 0.457 e. The molecular formula is C17H22O7. The molecule has 0 saturated carbocycles. The molecular weight excluding hydrogens is 316 g/mol. The van der Waals surface area contributed by atoms with Gasteiger partial charge in [0.15, 0.2) is 13.2 Å². The second kappa shape index (κ2) is 9.67. The van der Waals surface area contributed by atoms with Gasteiger partial charge in [0.1, 0.15) is 12.2 Å². The predicted octanol–water partition coefficient (Wildman–Crippen LogP) is 1.63. The fourth-order valence-electron chi connectivity index (χ4n) is 1.56. The average molecular weight is 338 g/mol. The second-order valence-electron chi connectivity index (χ2n) is 5.89. The Bertz CT molecular complexity index is 546. The van der Waals surface area contributed by atoms with Crippen LogP contribution in [0.1, 0.15) is 26.3 Å². The highest BCUT2D eigenvalue weighted by Gasteiger charge is 2.18. The summed E-state index contributed by atoms with van der Waals surface area (Å²) in [5.41, 5.74) is 0.258. The molecule has 1 aromatic carbocycles. The SMILES string of the molecule is CC(C)(C)OC(=O)COC(=O)COC(=O)COCc1ccccc1. The zero-order valence-corrected chi connectivity index (χ0v) is 14.1. The number of benzene rings is 1. The third-order valence-electron chi connectivity index (χ3n) is 2.45. The van der Waals surface area contributed by atoms with Gasteiger partial charge in [0.05, 0.1) is 6.61 Å². The van der Waals surface area contributed by atoms with Crippen LogP contribution in [0.2, 0.25) is 0 Å². The molecule has 0 N–H and O–H groups in total. The van der Waals surface area contributed by atoms with Gasteiger partial charge in [0.2, 0.25) is 0 Å². The Morgan fingerprint density at radius 3 is 1.96 bits per heavy atom. The Morgan fingerprint density at radius 1 is 0.833 bits per heavy atom. The minimum Gasteiger partial charge on any atom is -0.457 e. The minimum absolute atomic E-state index is 0.263. The molecule has 0 amide bonds. The molecule has 1 rings (SSSR count). The molecule has 0 unspecified atom stereocenters. The monoisotopic (exact) mass is 338 g/mol. The van der Waals surface area contributed by atoms with Gasteiger partial charge < -0.3 is 18.9 Å². The van der Waals surface area contributed by atoms with Gasteiger partial charge in [-0.3, -0.25) is 0 Å². The summed E-state index contributed by atoms with van der Waals surface area (Å²) in [5.74, 6) is -2.20. The Hall–Kier alpha value is -2.41. The van der Waals surface area contributed by atoms with Crippen LogP contribution in [0.25, 0.3) is 0 Å². The summed E-state index contributed by atoms with van der Waals surface area (Å²) in [7, 11) is 0. The maximum Gasteiger partial charge on any atom is 0.344 e. The summed E-state index contributed by atoms with van der Waals surface area (Å²) >= 11 is 0. The Labute approximate surface area is 140 Å². The van der Waals surface area contributed by atoms with Gasteiger partial charge in [-0.25, -0.2) is 14.4 Å². The number of rotatable bonds is 8. The fourth-order valence-corrected chi connectivity index (χ4v) is 1.56. The van der Waals surface area contributed by atoms with E-state index in [1.165, 1.54) is 0 Å². The first kappa shape index (κ1) is 19.6. The van der Waals surface area contributed by atoms with Crippen LogP contribution in [0, 0.1) is 0 Å². The molecule has 24 heavy (non-hydrogen) atoms. The number of hydrogen-bond acceptors (Lipinski definition) is 7. The molecule has 0 saturated heterocycles. The van der Waals surface area contributed by atoms with Crippen molar-refractivity contribution in [3.05, 3.63) is 35.9 Å². The van der Waals surface area contributed by atoms with E-state index >= 15 is 0 Å². The normalized spacial score (nSPS) is 10.8. The zero-order chi connectivity index (χ0) is 18.0. The molecule has 7 heteroatoms. The topological polar surface area (TPSA) is 88.1 Å². The van der Waals surface area contributed by atoms with Gasteiger partial charge in [-0.1, -0.05) is 30.3 Å². The van der Waals surface area contributed by atoms with Crippen molar-refractivity contribution in [3.63, 3.8) is 0 Å². The van der Waals surface area contributed by atoms with E-state index < -0.39 is 36.7 Å². The number of carbonyl (C=O) groups is 3. The standard InChI is InChI=1S/C17H22O7/c1-17(2,3)24-16(20)12-23-15(19)11-22-14(18)10-21-9-13-7-5-4-6-8-13/h4-8H,9-12H2,1-3H3. The van der Waals surface area contributed by atoms with Gasteiger partial charge >= 0.3 is 17.9 Å². The first-order valence-corrected chi connectivity index (χ1v) is 7.41. The van der Waals surface area contributed by atoms with Gasteiger partial charge in [0, 0.05) is 0 Å². The molecule has 0 aliphatic heterocycles. The predicted molar refractivity (Wildman–Crippen MR) is 83.9 cm³/mol. The lowest BCUT2D eigenvalue weighted by Crippen LogP contribution is -2.28. The van der Waals surface area contributed by atoms with Crippen molar-refractivity contribution in [2.45, 2.75) is 33.0 Å². The van der Waals surface area contributed by atoms with Gasteiger partial charge in [-0.15, -0.1) is 0 Å². The molecule has 0 heterocycles. The van der Waals surface area contributed by atoms with Gasteiger partial charge in [-0.2, -0.15) is 0 Å². The van der Waals surface area contributed by atoms with E-state index in [9.17, 15) is 14.4 Å². The molecule has 0 bridgehead atoms. The molecule has 0 fully saturated rings. The van der Waals surface area contributed by atoms with E-state index in [0.717, 1.165) is 5.56 Å². The van der Waals surface area contributed by atoms with Crippen molar-refractivity contribution >= 4 is 17.9 Å². The number of esters is 3. The molecule has 0 aromatic heterocycles. The number of ether oxygens (including phenoxy) is 4. The third kappa shape index (κ3) is 9.58. The highest BCUT2D eigenvalue weighted by atomic mass is 16.6. The van der Waals surface area contributed by atoms with Crippen molar-refractivity contribution in [3.8, 4) is 0 Å². The summed E-state index contributed by atoms with van der Waals surface area (Å²) < 4.78 is 19.5. The first-order valence-electron chi connectivity index (χ1n) is 7.41. The first-order chi connectivity index (χ1) is 11.3. The lowest BCUT2D eigenvalue weighted by Gasteiger charge is -2.19. The lowest BCUT2D eigenvalue weighted by molar-refractivity contribution is -0.170. The average Bonchev–Trinajstić information content (AvgIpc) is 2.50. The third-order valence-corrected chi connectivity index (χ3v) is 2.45. The van der Waals surface area contributed by atoms with Gasteiger partial charge in [0.25, 0.3) is 0 Å². The van der Waals surface area contributed by atoms with E-state index in [0.29, 0.717) is 0 Å². The molecule has 0 atom stereocenters. The maximum atomic E-state index is 11.4. The molecule has 7 nitrogen and oxygen atoms in total. The van der Waals surface area contributed by atoms with E-state index in [1.54, 1.807) is 20.8 Å². The van der Waals surface area contributed by atoms with Crippen molar-refractivity contribution in [2.75, 3.05) is 19.8 Å². The quantitative estimate of drug-likeness (QED) is 0.526. The van der Waals surface area contributed by atoms with E-state index in [-0.39, 0.29) is 13.2 Å². The fraction of sp³-hybridized carbons (Fsp3) is 0.471. The van der Waals surface area contributed by atoms with Crippen LogP contribution in [-0.2, 0) is 39.9 Å². The highest BCUT2D eigenvalue weighted by molar-refractivity contribution is 5.79. The summed E-state index contributed by atoms with van der Waals surface area (Å²) in [5, 5.41) is 0. The Kier molecular flexibility index (Phi) is 7.91. The number of carbonyl (C=O) groups excluding carboxylic acids is 3. The Balaban J connectivity index is 2.13. The van der Waals surface area contributed by atoms with Crippen molar-refractivity contribution in [2.24, 2.45) is 0 Å². The van der Waals surface area contributed by atoms with E-state index in [1.807, 2.05) is 30.3 Å². The van der Waals surface area contributed by atoms with Crippen molar-refractivity contribution < 1.29 is 33.3 Å². The minimum atomic E-state index is -0.836. The molecule has 0 spiro atoms. The van der Waals surface area contributed by atoms with Crippen molar-refractivity contribution in [1.29, 1.82) is 0 Å². The van der Waals surface area contributed by atoms with Crippen LogP contribution in [0.15, 0.2) is 30.3 Å². The van der Waals surface area contributed by atoms with Crippen LogP contribution < -0.4 is 0 Å². The summed E-state index contributed by atoms with van der Waals surface area (Å²) in [6.07, 6.45) is 0. The van der Waals surface area contributed by atoms with Crippen LogP contribution in [0.3, 0.4) is 0 Å². The zero-order valence-electron chi connectivity index (χ0n) is 14.1. The van der Waals surface area contributed by atoms with Crippen LogP contribution in [-0.4, -0.2) is 43.3 Å². The van der Waals surface area contributed by atoms with Crippen LogP contribution >= 0.6 is 0 Å². The lowest BCUT2D eigenvalue weighted by atomic mass is 10.2. The summed E-state index contributed by atoms with van der Waals surface area (Å²) in [6.45, 7) is 3.96.